The van der Waals surface area contributed by atoms with Crippen LogP contribution in [0.1, 0.15) is 39.5 Å². The lowest BCUT2D eigenvalue weighted by molar-refractivity contribution is 0.247. The average Bonchev–Trinajstić information content (AvgIpc) is 2.93. The third-order valence-corrected chi connectivity index (χ3v) is 3.72. The predicted octanol–water partition coefficient (Wildman–Crippen LogP) is 0.972. The summed E-state index contributed by atoms with van der Waals surface area (Å²) in [5, 5.41) is 12.5. The van der Waals surface area contributed by atoms with Crippen molar-refractivity contribution in [1.82, 2.24) is 10.2 Å². The number of nitrogens with zero attached hydrogens (tertiary/aromatic N) is 1. The molecule has 2 N–H and O–H groups in total. The highest BCUT2D eigenvalue weighted by molar-refractivity contribution is 4.96. The largest absolute Gasteiger partial charge is 0.396 e. The van der Waals surface area contributed by atoms with Gasteiger partial charge in [0.25, 0.3) is 0 Å². The quantitative estimate of drug-likeness (QED) is 0.713. The second-order valence-corrected chi connectivity index (χ2v) is 5.29. The van der Waals surface area contributed by atoms with Crippen LogP contribution >= 0.6 is 0 Å². The number of aliphatic hydroxyl groups is 1. The predicted molar refractivity (Wildman–Crippen MR) is 61.9 cm³/mol. The molecular weight excluding hydrogens is 188 g/mol. The fourth-order valence-corrected chi connectivity index (χ4v) is 2.77. The highest BCUT2D eigenvalue weighted by Crippen LogP contribution is 2.33. The number of hydrogen-bond donors (Lipinski definition) is 2. The van der Waals surface area contributed by atoms with Gasteiger partial charge in [-0.3, -0.25) is 4.90 Å². The summed E-state index contributed by atoms with van der Waals surface area (Å²) in [6, 6.07) is 2.73. The Kier molecular flexibility index (Phi) is 3.65. The Hall–Kier alpha value is -0.120. The molecule has 0 aromatic carbocycles. The number of rotatable bonds is 5. The maximum absolute atomic E-state index is 8.86. The highest BCUT2D eigenvalue weighted by Gasteiger charge is 2.38. The van der Waals surface area contributed by atoms with E-state index in [0.717, 1.165) is 18.5 Å². The highest BCUT2D eigenvalue weighted by atomic mass is 16.3. The molecule has 0 spiro atoms. The molecule has 0 bridgehead atoms. The molecule has 3 unspecified atom stereocenters. The Bertz CT molecular complexity index is 206. The van der Waals surface area contributed by atoms with E-state index in [9.17, 15) is 0 Å². The third kappa shape index (κ3) is 2.92. The lowest BCUT2D eigenvalue weighted by Crippen LogP contribution is -2.39. The van der Waals surface area contributed by atoms with Gasteiger partial charge in [0, 0.05) is 37.3 Å². The molecule has 2 fully saturated rings. The van der Waals surface area contributed by atoms with Crippen LogP contribution in [0.3, 0.4) is 0 Å². The molecule has 1 heterocycles. The van der Waals surface area contributed by atoms with E-state index < -0.39 is 0 Å². The molecule has 0 aromatic rings. The molecule has 1 aliphatic carbocycles. The summed E-state index contributed by atoms with van der Waals surface area (Å²) < 4.78 is 0. The molecule has 2 aliphatic rings. The van der Waals surface area contributed by atoms with Crippen molar-refractivity contribution in [2.75, 3.05) is 13.2 Å². The Labute approximate surface area is 92.8 Å². The molecular formula is C12H24N2O. The van der Waals surface area contributed by atoms with Gasteiger partial charge < -0.3 is 10.4 Å². The number of hydrogen-bond acceptors (Lipinski definition) is 3. The van der Waals surface area contributed by atoms with Crippen molar-refractivity contribution in [2.24, 2.45) is 0 Å². The summed E-state index contributed by atoms with van der Waals surface area (Å²) in [5.41, 5.74) is 0. The molecule has 0 amide bonds. The van der Waals surface area contributed by atoms with Crippen LogP contribution in [0.15, 0.2) is 0 Å². The fraction of sp³-hybridized carbons (Fsp3) is 1.00. The Morgan fingerprint density at radius 1 is 1.47 bits per heavy atom. The van der Waals surface area contributed by atoms with Gasteiger partial charge in [0.05, 0.1) is 0 Å². The van der Waals surface area contributed by atoms with Crippen molar-refractivity contribution < 1.29 is 5.11 Å². The van der Waals surface area contributed by atoms with Crippen LogP contribution in [0.25, 0.3) is 0 Å². The zero-order chi connectivity index (χ0) is 10.8. The Morgan fingerprint density at radius 3 is 2.80 bits per heavy atom. The molecule has 1 saturated carbocycles. The van der Waals surface area contributed by atoms with E-state index in [1.807, 2.05) is 0 Å². The first-order chi connectivity index (χ1) is 7.20. The van der Waals surface area contributed by atoms with Crippen LogP contribution in [0.2, 0.25) is 0 Å². The molecule has 15 heavy (non-hydrogen) atoms. The molecule has 2 rings (SSSR count). The minimum Gasteiger partial charge on any atom is -0.396 e. The van der Waals surface area contributed by atoms with Crippen molar-refractivity contribution in [1.29, 1.82) is 0 Å². The normalized spacial score (nSPS) is 34.6. The summed E-state index contributed by atoms with van der Waals surface area (Å²) >= 11 is 0. The van der Waals surface area contributed by atoms with Crippen LogP contribution in [0.5, 0.6) is 0 Å². The van der Waals surface area contributed by atoms with Crippen LogP contribution in [-0.2, 0) is 0 Å². The van der Waals surface area contributed by atoms with Gasteiger partial charge in [-0.15, -0.1) is 0 Å². The topological polar surface area (TPSA) is 35.5 Å². The zero-order valence-corrected chi connectivity index (χ0v) is 9.95. The van der Waals surface area contributed by atoms with Crippen molar-refractivity contribution >= 4 is 0 Å². The summed E-state index contributed by atoms with van der Waals surface area (Å²) in [5.74, 6) is 0. The minimum atomic E-state index is 0.294. The lowest BCUT2D eigenvalue weighted by Gasteiger charge is -2.21. The molecule has 1 saturated heterocycles. The first-order valence-electron chi connectivity index (χ1n) is 6.33. The van der Waals surface area contributed by atoms with Gasteiger partial charge in [0.1, 0.15) is 0 Å². The minimum absolute atomic E-state index is 0.294. The van der Waals surface area contributed by atoms with Crippen LogP contribution < -0.4 is 5.32 Å². The lowest BCUT2D eigenvalue weighted by atomic mass is 10.1. The first-order valence-corrected chi connectivity index (χ1v) is 6.33. The van der Waals surface area contributed by atoms with Crippen molar-refractivity contribution in [2.45, 2.75) is 63.7 Å². The van der Waals surface area contributed by atoms with Crippen LogP contribution in [0.4, 0.5) is 0 Å². The summed E-state index contributed by atoms with van der Waals surface area (Å²) in [6.45, 7) is 6.02. The van der Waals surface area contributed by atoms with Gasteiger partial charge in [-0.25, -0.2) is 0 Å². The first kappa shape index (κ1) is 11.4. The molecule has 88 valence electrons. The van der Waals surface area contributed by atoms with Gasteiger partial charge in [0.15, 0.2) is 0 Å². The second kappa shape index (κ2) is 4.81. The molecule has 0 aromatic heterocycles. The molecule has 3 nitrogen and oxygen atoms in total. The van der Waals surface area contributed by atoms with E-state index in [-0.39, 0.29) is 0 Å². The SMILES string of the molecule is CC(CCO)NC1CC(C)N(C2CC2)C1. The van der Waals surface area contributed by atoms with Crippen LogP contribution in [0, 0.1) is 0 Å². The second-order valence-electron chi connectivity index (χ2n) is 5.29. The van der Waals surface area contributed by atoms with Gasteiger partial charge in [-0.1, -0.05) is 0 Å². The van der Waals surface area contributed by atoms with Gasteiger partial charge in [-0.2, -0.15) is 0 Å². The third-order valence-electron chi connectivity index (χ3n) is 3.72. The standard InChI is InChI=1S/C12H24N2O/c1-9(5-6-15)13-11-7-10(2)14(8-11)12-3-4-12/h9-13,15H,3-8H2,1-2H3. The molecule has 3 atom stereocenters. The summed E-state index contributed by atoms with van der Waals surface area (Å²) in [7, 11) is 0. The summed E-state index contributed by atoms with van der Waals surface area (Å²) in [6.07, 6.45) is 4.95. The zero-order valence-electron chi connectivity index (χ0n) is 9.95. The van der Waals surface area contributed by atoms with E-state index in [1.54, 1.807) is 0 Å². The van der Waals surface area contributed by atoms with E-state index >= 15 is 0 Å². The van der Waals surface area contributed by atoms with Gasteiger partial charge in [-0.05, 0) is 39.5 Å². The summed E-state index contributed by atoms with van der Waals surface area (Å²) in [4.78, 5) is 2.66. The average molecular weight is 212 g/mol. The fourth-order valence-electron chi connectivity index (χ4n) is 2.77. The maximum Gasteiger partial charge on any atom is 0.0445 e. The molecule has 3 heteroatoms. The number of nitrogens with one attached hydrogen (secondary N) is 1. The Balaban J connectivity index is 1.75. The van der Waals surface area contributed by atoms with Gasteiger partial charge in [0.2, 0.25) is 0 Å². The molecule has 1 aliphatic heterocycles. The van der Waals surface area contributed by atoms with E-state index in [1.165, 1.54) is 25.8 Å². The molecule has 0 radical (unpaired) electrons. The van der Waals surface area contributed by atoms with E-state index in [4.69, 9.17) is 5.11 Å². The number of likely N-dealkylation sites (tertiary alicyclic amines) is 1. The smallest absolute Gasteiger partial charge is 0.0445 e. The van der Waals surface area contributed by atoms with Gasteiger partial charge >= 0.3 is 0 Å². The van der Waals surface area contributed by atoms with Crippen molar-refractivity contribution in [3.05, 3.63) is 0 Å². The van der Waals surface area contributed by atoms with E-state index in [2.05, 4.69) is 24.1 Å². The number of aliphatic hydroxyl groups excluding tert-OH is 1. The van der Waals surface area contributed by atoms with Crippen LogP contribution in [-0.4, -0.2) is 47.3 Å². The monoisotopic (exact) mass is 212 g/mol. The van der Waals surface area contributed by atoms with Crippen molar-refractivity contribution in [3.8, 4) is 0 Å². The maximum atomic E-state index is 8.86. The van der Waals surface area contributed by atoms with E-state index in [0.29, 0.717) is 18.7 Å². The van der Waals surface area contributed by atoms with Crippen molar-refractivity contribution in [3.63, 3.8) is 0 Å². The Morgan fingerprint density at radius 2 is 2.20 bits per heavy atom.